The van der Waals surface area contributed by atoms with Crippen molar-refractivity contribution in [3.63, 3.8) is 0 Å². The molecule has 1 aliphatic heterocycles. The molecule has 1 fully saturated rings. The van der Waals surface area contributed by atoms with E-state index >= 15 is 0 Å². The van der Waals surface area contributed by atoms with Crippen molar-refractivity contribution in [1.82, 2.24) is 19.8 Å². The van der Waals surface area contributed by atoms with Gasteiger partial charge in [0.15, 0.2) is 6.67 Å². The second-order valence-electron chi connectivity index (χ2n) is 6.10. The van der Waals surface area contributed by atoms with Crippen molar-refractivity contribution in [2.24, 2.45) is 0 Å². The number of rotatable bonds is 3. The minimum absolute atomic E-state index is 0.150. The highest BCUT2D eigenvalue weighted by atomic mass is 32.1. The molecular weight excluding hydrogens is 298 g/mol. The molecule has 3 rings (SSSR count). The van der Waals surface area contributed by atoms with Gasteiger partial charge >= 0.3 is 0 Å². The highest BCUT2D eigenvalue weighted by Crippen LogP contribution is 2.14. The summed E-state index contributed by atoms with van der Waals surface area (Å²) >= 11 is 5.53. The maximum atomic E-state index is 9.58. The largest absolute Gasteiger partial charge is 0.393 e. The SMILES string of the molecule is Cc1ccc(-n2nnn(C[NH+]3CCC(O)CC3)c2=S)c(C)c1. The maximum Gasteiger partial charge on any atom is 0.225 e. The Morgan fingerprint density at radius 3 is 2.68 bits per heavy atom. The summed E-state index contributed by atoms with van der Waals surface area (Å²) in [5, 5.41) is 18.0. The summed E-state index contributed by atoms with van der Waals surface area (Å²) < 4.78 is 4.12. The number of nitrogens with zero attached hydrogens (tertiary/aromatic N) is 4. The van der Waals surface area contributed by atoms with Gasteiger partial charge in [0.25, 0.3) is 0 Å². The zero-order valence-corrected chi connectivity index (χ0v) is 13.8. The molecule has 2 aromatic rings. The van der Waals surface area contributed by atoms with Gasteiger partial charge in [-0.3, -0.25) is 0 Å². The molecule has 2 heterocycles. The zero-order chi connectivity index (χ0) is 15.7. The molecule has 22 heavy (non-hydrogen) atoms. The quantitative estimate of drug-likeness (QED) is 0.805. The third kappa shape index (κ3) is 3.11. The predicted octanol–water partition coefficient (Wildman–Crippen LogP) is 0.412. The van der Waals surface area contributed by atoms with Crippen LogP contribution in [0.2, 0.25) is 0 Å². The Bertz CT molecular complexity index is 715. The number of hydrogen-bond acceptors (Lipinski definition) is 4. The molecule has 1 aliphatic rings. The number of piperidine rings is 1. The van der Waals surface area contributed by atoms with Crippen molar-refractivity contribution in [1.29, 1.82) is 0 Å². The first-order chi connectivity index (χ1) is 10.5. The Hall–Kier alpha value is -1.57. The van der Waals surface area contributed by atoms with Gasteiger partial charge in [0.1, 0.15) is 0 Å². The molecule has 0 bridgehead atoms. The molecule has 6 nitrogen and oxygen atoms in total. The van der Waals surface area contributed by atoms with Crippen LogP contribution in [0.25, 0.3) is 5.69 Å². The summed E-state index contributed by atoms with van der Waals surface area (Å²) in [6.45, 7) is 6.72. The molecule has 7 heteroatoms. The van der Waals surface area contributed by atoms with Gasteiger partial charge in [0, 0.05) is 12.8 Å². The van der Waals surface area contributed by atoms with E-state index in [0.29, 0.717) is 11.4 Å². The van der Waals surface area contributed by atoms with Gasteiger partial charge < -0.3 is 10.0 Å². The fourth-order valence-corrected chi connectivity index (χ4v) is 3.18. The van der Waals surface area contributed by atoms with Crippen LogP contribution >= 0.6 is 12.2 Å². The van der Waals surface area contributed by atoms with Crippen LogP contribution < -0.4 is 4.90 Å². The first kappa shape index (κ1) is 15.3. The Kier molecular flexibility index (Phi) is 4.37. The second-order valence-corrected chi connectivity index (χ2v) is 6.47. The first-order valence-electron chi connectivity index (χ1n) is 7.66. The first-order valence-corrected chi connectivity index (χ1v) is 8.07. The third-order valence-corrected chi connectivity index (χ3v) is 4.64. The predicted molar refractivity (Wildman–Crippen MR) is 85.6 cm³/mol. The van der Waals surface area contributed by atoms with E-state index in [4.69, 9.17) is 12.2 Å². The minimum atomic E-state index is -0.150. The van der Waals surface area contributed by atoms with Crippen LogP contribution in [0.3, 0.4) is 0 Å². The zero-order valence-electron chi connectivity index (χ0n) is 13.0. The van der Waals surface area contributed by atoms with E-state index in [1.807, 2.05) is 6.07 Å². The summed E-state index contributed by atoms with van der Waals surface area (Å²) in [5.74, 6) is 0. The van der Waals surface area contributed by atoms with E-state index in [1.165, 1.54) is 10.5 Å². The Morgan fingerprint density at radius 1 is 1.27 bits per heavy atom. The third-order valence-electron chi connectivity index (χ3n) is 4.26. The Balaban J connectivity index is 1.81. The molecule has 1 aromatic heterocycles. The summed E-state index contributed by atoms with van der Waals surface area (Å²) in [7, 11) is 0. The second kappa shape index (κ2) is 6.28. The summed E-state index contributed by atoms with van der Waals surface area (Å²) in [6.07, 6.45) is 1.53. The van der Waals surface area contributed by atoms with Crippen LogP contribution in [0.5, 0.6) is 0 Å². The average molecular weight is 320 g/mol. The standard InChI is InChI=1S/C15H21N5OS/c1-11-3-4-14(12(2)9-11)20-15(22)19(16-17-20)10-18-7-5-13(21)6-8-18/h3-4,9,13,21H,5-8,10H2,1-2H3/p+1. The number of aromatic nitrogens is 4. The van der Waals surface area contributed by atoms with Crippen molar-refractivity contribution in [3.8, 4) is 5.69 Å². The van der Waals surface area contributed by atoms with E-state index in [-0.39, 0.29) is 6.10 Å². The molecule has 1 saturated heterocycles. The van der Waals surface area contributed by atoms with Crippen molar-refractivity contribution in [2.75, 3.05) is 13.1 Å². The molecule has 0 spiro atoms. The van der Waals surface area contributed by atoms with Crippen LogP contribution in [0.15, 0.2) is 18.2 Å². The van der Waals surface area contributed by atoms with Gasteiger partial charge in [-0.2, -0.15) is 9.36 Å². The summed E-state index contributed by atoms with van der Waals surface area (Å²) in [4.78, 5) is 1.38. The monoisotopic (exact) mass is 320 g/mol. The minimum Gasteiger partial charge on any atom is -0.393 e. The molecule has 1 aromatic carbocycles. The lowest BCUT2D eigenvalue weighted by Gasteiger charge is -2.25. The summed E-state index contributed by atoms with van der Waals surface area (Å²) in [6, 6.07) is 6.21. The van der Waals surface area contributed by atoms with Gasteiger partial charge in [-0.15, -0.1) is 0 Å². The average Bonchev–Trinajstić information content (AvgIpc) is 2.83. The molecule has 118 valence electrons. The van der Waals surface area contributed by atoms with Crippen molar-refractivity contribution in [3.05, 3.63) is 34.1 Å². The number of aryl methyl sites for hydroxylation is 2. The number of quaternary nitrogens is 1. The van der Waals surface area contributed by atoms with Gasteiger partial charge in [-0.25, -0.2) is 0 Å². The van der Waals surface area contributed by atoms with E-state index in [1.54, 1.807) is 9.36 Å². The summed E-state index contributed by atoms with van der Waals surface area (Å²) in [5.41, 5.74) is 3.33. The van der Waals surface area contributed by atoms with Gasteiger partial charge in [0.05, 0.1) is 24.9 Å². The Morgan fingerprint density at radius 2 is 2.00 bits per heavy atom. The van der Waals surface area contributed by atoms with E-state index < -0.39 is 0 Å². The normalized spacial score (nSPS) is 22.0. The lowest BCUT2D eigenvalue weighted by atomic mass is 10.1. The molecule has 0 radical (unpaired) electrons. The number of aliphatic hydroxyl groups excluding tert-OH is 1. The molecule has 0 atom stereocenters. The van der Waals surface area contributed by atoms with Gasteiger partial charge in [-0.1, -0.05) is 17.7 Å². The lowest BCUT2D eigenvalue weighted by molar-refractivity contribution is -0.929. The van der Waals surface area contributed by atoms with Crippen LogP contribution in [0.1, 0.15) is 24.0 Å². The molecule has 0 saturated carbocycles. The topological polar surface area (TPSA) is 60.3 Å². The molecular formula is C15H22N5OS+. The fraction of sp³-hybridized carbons (Fsp3) is 0.533. The number of likely N-dealkylation sites (tertiary alicyclic amines) is 1. The molecule has 0 amide bonds. The molecule has 0 aliphatic carbocycles. The maximum absolute atomic E-state index is 9.58. The van der Waals surface area contributed by atoms with E-state index in [0.717, 1.165) is 37.2 Å². The Labute approximate surface area is 135 Å². The van der Waals surface area contributed by atoms with Crippen LogP contribution in [0, 0.1) is 18.6 Å². The van der Waals surface area contributed by atoms with E-state index in [9.17, 15) is 5.11 Å². The van der Waals surface area contributed by atoms with Crippen LogP contribution in [0.4, 0.5) is 0 Å². The highest BCUT2D eigenvalue weighted by Gasteiger charge is 2.21. The number of hydrogen-bond donors (Lipinski definition) is 2. The van der Waals surface area contributed by atoms with Crippen molar-refractivity contribution >= 4 is 12.2 Å². The van der Waals surface area contributed by atoms with Gasteiger partial charge in [-0.05, 0) is 48.1 Å². The van der Waals surface area contributed by atoms with Gasteiger partial charge in [0.2, 0.25) is 4.77 Å². The smallest absolute Gasteiger partial charge is 0.225 e. The van der Waals surface area contributed by atoms with E-state index in [2.05, 4.69) is 36.4 Å². The number of aliphatic hydroxyl groups is 1. The number of nitrogens with one attached hydrogen (secondary N) is 1. The van der Waals surface area contributed by atoms with Crippen molar-refractivity contribution < 1.29 is 10.0 Å². The number of benzene rings is 1. The highest BCUT2D eigenvalue weighted by molar-refractivity contribution is 7.71. The van der Waals surface area contributed by atoms with Crippen LogP contribution in [-0.4, -0.2) is 44.1 Å². The van der Waals surface area contributed by atoms with Crippen LogP contribution in [-0.2, 0) is 6.67 Å². The fourth-order valence-electron chi connectivity index (χ4n) is 2.95. The molecule has 2 N–H and O–H groups in total. The van der Waals surface area contributed by atoms with Crippen molar-refractivity contribution in [2.45, 2.75) is 39.5 Å². The lowest BCUT2D eigenvalue weighted by Crippen LogP contribution is -3.12. The number of tetrazole rings is 1. The molecule has 0 unspecified atom stereocenters.